The Hall–Kier alpha value is -2.15. The largest absolute Gasteiger partial charge is 0.397 e. The van der Waals surface area contributed by atoms with Crippen LogP contribution >= 0.6 is 11.3 Å². The summed E-state index contributed by atoms with van der Waals surface area (Å²) in [6.45, 7) is 3.85. The number of carbonyl (C=O) groups excluding carboxylic acids is 2. The SMILES string of the molecule is CNC(=O)CN(C)C(=O)c1sc2nc(C)cc(C)c2c1N. The van der Waals surface area contributed by atoms with Crippen LogP contribution in [0.5, 0.6) is 0 Å². The van der Waals surface area contributed by atoms with Gasteiger partial charge in [-0.05, 0) is 25.5 Å². The second kappa shape index (κ2) is 5.69. The maximum absolute atomic E-state index is 12.4. The Labute approximate surface area is 127 Å². The molecule has 0 fully saturated rings. The number of aryl methyl sites for hydroxylation is 2. The summed E-state index contributed by atoms with van der Waals surface area (Å²) < 4.78 is 0. The molecule has 3 N–H and O–H groups in total. The molecule has 2 aromatic rings. The van der Waals surface area contributed by atoms with E-state index >= 15 is 0 Å². The quantitative estimate of drug-likeness (QED) is 0.895. The molecule has 2 heterocycles. The van der Waals surface area contributed by atoms with Crippen LogP contribution in [0.25, 0.3) is 10.2 Å². The number of nitrogens with zero attached hydrogens (tertiary/aromatic N) is 2. The zero-order valence-electron chi connectivity index (χ0n) is 12.5. The van der Waals surface area contributed by atoms with Gasteiger partial charge in [-0.2, -0.15) is 0 Å². The molecule has 0 aromatic carbocycles. The van der Waals surface area contributed by atoms with E-state index in [1.54, 1.807) is 7.05 Å². The Morgan fingerprint density at radius 3 is 2.71 bits per heavy atom. The Morgan fingerprint density at radius 1 is 1.43 bits per heavy atom. The fourth-order valence-corrected chi connectivity index (χ4v) is 3.38. The molecule has 0 saturated heterocycles. The Morgan fingerprint density at radius 2 is 2.10 bits per heavy atom. The first-order chi connectivity index (χ1) is 9.85. The molecule has 0 spiro atoms. The van der Waals surface area contributed by atoms with Crippen molar-refractivity contribution in [3.05, 3.63) is 22.2 Å². The van der Waals surface area contributed by atoms with E-state index < -0.39 is 0 Å². The van der Waals surface area contributed by atoms with Gasteiger partial charge in [0.05, 0.1) is 12.2 Å². The summed E-state index contributed by atoms with van der Waals surface area (Å²) in [5.41, 5.74) is 8.44. The van der Waals surface area contributed by atoms with Gasteiger partial charge in [-0.15, -0.1) is 11.3 Å². The van der Waals surface area contributed by atoms with Crippen molar-refractivity contribution in [1.29, 1.82) is 0 Å². The summed E-state index contributed by atoms with van der Waals surface area (Å²) in [6, 6.07) is 1.94. The number of rotatable bonds is 3. The first-order valence-corrected chi connectivity index (χ1v) is 7.29. The number of amides is 2. The van der Waals surface area contributed by atoms with E-state index in [1.165, 1.54) is 23.3 Å². The number of fused-ring (bicyclic) bond motifs is 1. The number of thiophene rings is 1. The number of aromatic nitrogens is 1. The van der Waals surface area contributed by atoms with Gasteiger partial charge < -0.3 is 16.0 Å². The minimum absolute atomic E-state index is 0.00550. The lowest BCUT2D eigenvalue weighted by Gasteiger charge is -2.15. The van der Waals surface area contributed by atoms with E-state index in [4.69, 9.17) is 5.73 Å². The summed E-state index contributed by atoms with van der Waals surface area (Å²) >= 11 is 1.26. The third-order valence-electron chi connectivity index (χ3n) is 3.22. The van der Waals surface area contributed by atoms with Gasteiger partial charge in [-0.1, -0.05) is 0 Å². The van der Waals surface area contributed by atoms with E-state index in [0.29, 0.717) is 10.6 Å². The molecule has 0 unspecified atom stereocenters. The van der Waals surface area contributed by atoms with E-state index in [2.05, 4.69) is 10.3 Å². The van der Waals surface area contributed by atoms with Crippen molar-refractivity contribution in [2.24, 2.45) is 0 Å². The molecule has 0 aliphatic heterocycles. The van der Waals surface area contributed by atoms with Crippen molar-refractivity contribution in [2.45, 2.75) is 13.8 Å². The van der Waals surface area contributed by atoms with Crippen LogP contribution in [0.2, 0.25) is 0 Å². The number of nitrogen functional groups attached to an aromatic ring is 1. The average Bonchev–Trinajstić information content (AvgIpc) is 2.74. The summed E-state index contributed by atoms with van der Waals surface area (Å²) in [4.78, 5) is 30.8. The summed E-state index contributed by atoms with van der Waals surface area (Å²) in [7, 11) is 3.11. The van der Waals surface area contributed by atoms with E-state index in [1.807, 2.05) is 19.9 Å². The number of nitrogens with one attached hydrogen (secondary N) is 1. The van der Waals surface area contributed by atoms with Crippen LogP contribution < -0.4 is 11.1 Å². The minimum Gasteiger partial charge on any atom is -0.397 e. The van der Waals surface area contributed by atoms with Gasteiger partial charge in [0.25, 0.3) is 5.91 Å². The Kier molecular flexibility index (Phi) is 4.13. The Balaban J connectivity index is 2.43. The van der Waals surface area contributed by atoms with Gasteiger partial charge in [-0.3, -0.25) is 9.59 Å². The van der Waals surface area contributed by atoms with Crippen molar-refractivity contribution >= 4 is 39.1 Å². The molecule has 0 atom stereocenters. The maximum Gasteiger partial charge on any atom is 0.266 e. The number of hydrogen-bond donors (Lipinski definition) is 2. The van der Waals surface area contributed by atoms with Crippen LogP contribution in [0.1, 0.15) is 20.9 Å². The molecule has 2 amide bonds. The smallest absolute Gasteiger partial charge is 0.266 e. The second-order valence-corrected chi connectivity index (χ2v) is 5.94. The van der Waals surface area contributed by atoms with Gasteiger partial charge in [0, 0.05) is 25.2 Å². The van der Waals surface area contributed by atoms with Gasteiger partial charge >= 0.3 is 0 Å². The van der Waals surface area contributed by atoms with Crippen LogP contribution in [0.4, 0.5) is 5.69 Å². The lowest BCUT2D eigenvalue weighted by atomic mass is 10.1. The van der Waals surface area contributed by atoms with Crippen LogP contribution in [-0.4, -0.2) is 42.3 Å². The third kappa shape index (κ3) is 2.82. The molecule has 112 valence electrons. The Bertz CT molecular complexity index is 723. The molecule has 0 aliphatic carbocycles. The third-order valence-corrected chi connectivity index (χ3v) is 4.31. The van der Waals surface area contributed by atoms with Crippen molar-refractivity contribution in [3.63, 3.8) is 0 Å². The minimum atomic E-state index is -0.267. The molecule has 2 aromatic heterocycles. The van der Waals surface area contributed by atoms with Gasteiger partial charge in [-0.25, -0.2) is 4.98 Å². The standard InChI is InChI=1S/C14H18N4O2S/c1-7-5-8(2)17-13-10(7)11(15)12(21-13)14(20)18(4)6-9(19)16-3/h5H,6,15H2,1-4H3,(H,16,19). The molecule has 2 rings (SSSR count). The average molecular weight is 306 g/mol. The normalized spacial score (nSPS) is 10.7. The topological polar surface area (TPSA) is 88.3 Å². The second-order valence-electron chi connectivity index (χ2n) is 4.94. The molecule has 0 aliphatic rings. The number of hydrogen-bond acceptors (Lipinski definition) is 5. The lowest BCUT2D eigenvalue weighted by molar-refractivity contribution is -0.121. The lowest BCUT2D eigenvalue weighted by Crippen LogP contribution is -2.36. The van der Waals surface area contributed by atoms with Gasteiger partial charge in [0.15, 0.2) is 0 Å². The van der Waals surface area contributed by atoms with Crippen LogP contribution in [0, 0.1) is 13.8 Å². The zero-order chi connectivity index (χ0) is 15.7. The number of carbonyl (C=O) groups is 2. The first kappa shape index (κ1) is 15.2. The van der Waals surface area contributed by atoms with Crippen molar-refractivity contribution in [2.75, 3.05) is 26.4 Å². The fourth-order valence-electron chi connectivity index (χ4n) is 2.17. The number of nitrogens with two attached hydrogens (primary N) is 1. The summed E-state index contributed by atoms with van der Waals surface area (Å²) in [5.74, 6) is -0.494. The van der Waals surface area contributed by atoms with Crippen molar-refractivity contribution in [1.82, 2.24) is 15.2 Å². The van der Waals surface area contributed by atoms with Crippen LogP contribution in [0.3, 0.4) is 0 Å². The zero-order valence-corrected chi connectivity index (χ0v) is 13.3. The van der Waals surface area contributed by atoms with Gasteiger partial charge in [0.1, 0.15) is 9.71 Å². The van der Waals surface area contributed by atoms with E-state index in [9.17, 15) is 9.59 Å². The van der Waals surface area contributed by atoms with E-state index in [0.717, 1.165) is 21.5 Å². The fraction of sp³-hybridized carbons (Fsp3) is 0.357. The molecule has 0 saturated carbocycles. The first-order valence-electron chi connectivity index (χ1n) is 6.47. The molecule has 0 radical (unpaired) electrons. The molecule has 21 heavy (non-hydrogen) atoms. The predicted molar refractivity (Wildman–Crippen MR) is 84.5 cm³/mol. The highest BCUT2D eigenvalue weighted by Crippen LogP contribution is 2.35. The van der Waals surface area contributed by atoms with Gasteiger partial charge in [0.2, 0.25) is 5.91 Å². The molecular weight excluding hydrogens is 288 g/mol. The molecule has 7 heteroatoms. The summed E-state index contributed by atoms with van der Waals surface area (Å²) in [5, 5.41) is 3.31. The highest BCUT2D eigenvalue weighted by molar-refractivity contribution is 7.21. The molecular formula is C14H18N4O2S. The highest BCUT2D eigenvalue weighted by atomic mass is 32.1. The van der Waals surface area contributed by atoms with E-state index in [-0.39, 0.29) is 18.4 Å². The van der Waals surface area contributed by atoms with Crippen molar-refractivity contribution in [3.8, 4) is 0 Å². The maximum atomic E-state index is 12.4. The van der Waals surface area contributed by atoms with Crippen LogP contribution in [0.15, 0.2) is 6.07 Å². The van der Waals surface area contributed by atoms with Crippen LogP contribution in [-0.2, 0) is 4.79 Å². The molecule has 6 nitrogen and oxygen atoms in total. The van der Waals surface area contributed by atoms with Crippen molar-refractivity contribution < 1.29 is 9.59 Å². The number of likely N-dealkylation sites (N-methyl/N-ethyl adjacent to an activating group) is 2. The number of anilines is 1. The summed E-state index contributed by atoms with van der Waals surface area (Å²) in [6.07, 6.45) is 0. The molecule has 0 bridgehead atoms. The highest BCUT2D eigenvalue weighted by Gasteiger charge is 2.22. The predicted octanol–water partition coefficient (Wildman–Crippen LogP) is 1.31. The number of pyridine rings is 1. The monoisotopic (exact) mass is 306 g/mol.